The average molecular weight is 193 g/mol. The summed E-state index contributed by atoms with van der Waals surface area (Å²) in [5.74, 6) is -6.71. The standard InChI is InChI=1S/C6H8O7/c7-3(8)1-2(5(10)11)4(9)6(12)13/h2,4,9H,1H2,(H,7,8)(H,10,11)(H,12,13)/t2-,4+/m0/s1/i1+1. The highest BCUT2D eigenvalue weighted by molar-refractivity contribution is 5.85. The van der Waals surface area contributed by atoms with Gasteiger partial charge in [-0.25, -0.2) is 4.79 Å². The summed E-state index contributed by atoms with van der Waals surface area (Å²) in [6, 6.07) is 0. The topological polar surface area (TPSA) is 132 Å². The zero-order valence-corrected chi connectivity index (χ0v) is 6.38. The lowest BCUT2D eigenvalue weighted by Crippen LogP contribution is -2.36. The second kappa shape index (κ2) is 4.41. The molecule has 0 aromatic heterocycles. The second-order valence-electron chi connectivity index (χ2n) is 2.33. The quantitative estimate of drug-likeness (QED) is 0.395. The minimum atomic E-state index is -2.20. The molecule has 0 aromatic rings. The summed E-state index contributed by atoms with van der Waals surface area (Å²) in [6.45, 7) is 0. The van der Waals surface area contributed by atoms with Crippen molar-refractivity contribution in [2.75, 3.05) is 0 Å². The molecule has 0 aliphatic heterocycles. The summed E-state index contributed by atoms with van der Waals surface area (Å²) in [7, 11) is 0. The van der Waals surface area contributed by atoms with Crippen molar-refractivity contribution in [3.05, 3.63) is 0 Å². The Bertz CT molecular complexity index is 233. The Morgan fingerprint density at radius 1 is 1.00 bits per heavy atom. The van der Waals surface area contributed by atoms with Gasteiger partial charge in [-0.2, -0.15) is 0 Å². The maximum atomic E-state index is 10.3. The van der Waals surface area contributed by atoms with Gasteiger partial charge in [0.05, 0.1) is 6.42 Å². The van der Waals surface area contributed by atoms with Crippen molar-refractivity contribution in [1.29, 1.82) is 0 Å². The lowest BCUT2D eigenvalue weighted by molar-refractivity contribution is -0.162. The monoisotopic (exact) mass is 193 g/mol. The number of carboxylic acid groups (broad SMARTS) is 3. The zero-order chi connectivity index (χ0) is 10.6. The van der Waals surface area contributed by atoms with Crippen molar-refractivity contribution >= 4 is 17.9 Å². The molecule has 0 aliphatic rings. The van der Waals surface area contributed by atoms with Gasteiger partial charge in [0, 0.05) is 0 Å². The molecule has 0 aromatic carbocycles. The van der Waals surface area contributed by atoms with Gasteiger partial charge in [0.15, 0.2) is 6.10 Å². The van der Waals surface area contributed by atoms with Gasteiger partial charge in [-0.3, -0.25) is 9.59 Å². The summed E-state index contributed by atoms with van der Waals surface area (Å²) in [4.78, 5) is 30.5. The number of rotatable bonds is 5. The van der Waals surface area contributed by atoms with E-state index in [1.807, 2.05) is 0 Å². The summed E-state index contributed by atoms with van der Waals surface area (Å²) < 4.78 is 0. The van der Waals surface area contributed by atoms with Gasteiger partial charge in [0.1, 0.15) is 5.92 Å². The molecule has 7 nitrogen and oxygen atoms in total. The lowest BCUT2D eigenvalue weighted by atomic mass is 10.1. The van der Waals surface area contributed by atoms with Crippen molar-refractivity contribution in [3.63, 3.8) is 0 Å². The lowest BCUT2D eigenvalue weighted by Gasteiger charge is -2.12. The number of hydrogen-bond acceptors (Lipinski definition) is 4. The third-order valence-corrected chi connectivity index (χ3v) is 1.35. The molecule has 0 aliphatic carbocycles. The first-order chi connectivity index (χ1) is 5.86. The zero-order valence-electron chi connectivity index (χ0n) is 6.38. The van der Waals surface area contributed by atoms with Crippen molar-refractivity contribution < 1.29 is 34.8 Å². The number of aliphatic hydroxyl groups is 1. The molecule has 0 spiro atoms. The Morgan fingerprint density at radius 2 is 1.46 bits per heavy atom. The maximum Gasteiger partial charge on any atom is 0.333 e. The van der Waals surface area contributed by atoms with E-state index >= 15 is 0 Å². The summed E-state index contributed by atoms with van der Waals surface area (Å²) in [5.41, 5.74) is 0. The summed E-state index contributed by atoms with van der Waals surface area (Å²) in [6.07, 6.45) is -3.13. The average Bonchev–Trinajstić information content (AvgIpc) is 1.97. The minimum absolute atomic E-state index is 0.928. The number of aliphatic hydroxyl groups excluding tert-OH is 1. The Hall–Kier alpha value is -1.63. The van der Waals surface area contributed by atoms with Crippen LogP contribution in [0.4, 0.5) is 0 Å². The molecule has 74 valence electrons. The molecule has 0 bridgehead atoms. The molecule has 2 atom stereocenters. The van der Waals surface area contributed by atoms with Crippen LogP contribution in [-0.4, -0.2) is 44.4 Å². The molecule has 0 amide bonds. The van der Waals surface area contributed by atoms with E-state index in [1.54, 1.807) is 0 Å². The van der Waals surface area contributed by atoms with Crippen LogP contribution in [-0.2, 0) is 14.4 Å². The Balaban J connectivity index is 4.51. The molecule has 0 heterocycles. The first kappa shape index (κ1) is 11.4. The van der Waals surface area contributed by atoms with E-state index in [0.717, 1.165) is 0 Å². The molecule has 0 fully saturated rings. The van der Waals surface area contributed by atoms with E-state index in [0.29, 0.717) is 0 Å². The molecule has 0 saturated carbocycles. The first-order valence-corrected chi connectivity index (χ1v) is 3.21. The number of hydrogen-bond donors (Lipinski definition) is 4. The molecule has 0 unspecified atom stereocenters. The van der Waals surface area contributed by atoms with Crippen LogP contribution in [0.25, 0.3) is 0 Å². The molecule has 0 rings (SSSR count). The Labute approximate surface area is 72.2 Å². The molecule has 0 radical (unpaired) electrons. The second-order valence-corrected chi connectivity index (χ2v) is 2.33. The highest BCUT2D eigenvalue weighted by Crippen LogP contribution is 2.09. The van der Waals surface area contributed by atoms with Crippen molar-refractivity contribution in [2.24, 2.45) is 5.92 Å². The van der Waals surface area contributed by atoms with E-state index in [9.17, 15) is 14.4 Å². The number of aliphatic carboxylic acids is 3. The fourth-order valence-corrected chi connectivity index (χ4v) is 0.694. The van der Waals surface area contributed by atoms with E-state index in [2.05, 4.69) is 0 Å². The molecular formula is C6H8O7. The molecule has 13 heavy (non-hydrogen) atoms. The van der Waals surface area contributed by atoms with Crippen LogP contribution in [0, 0.1) is 5.92 Å². The van der Waals surface area contributed by atoms with Crippen molar-refractivity contribution in [3.8, 4) is 0 Å². The number of carboxylic acids is 3. The van der Waals surface area contributed by atoms with Crippen molar-refractivity contribution in [2.45, 2.75) is 12.5 Å². The van der Waals surface area contributed by atoms with Crippen LogP contribution in [0.2, 0.25) is 0 Å². The van der Waals surface area contributed by atoms with Crippen LogP contribution in [0.5, 0.6) is 0 Å². The van der Waals surface area contributed by atoms with E-state index < -0.39 is 36.4 Å². The predicted octanol–water partition coefficient (Wildman–Crippen LogP) is -1.39. The Kier molecular flexibility index (Phi) is 3.86. The third-order valence-electron chi connectivity index (χ3n) is 1.35. The molecule has 4 N–H and O–H groups in total. The van der Waals surface area contributed by atoms with Gasteiger partial charge in [-0.15, -0.1) is 0 Å². The summed E-state index contributed by atoms with van der Waals surface area (Å²) in [5, 5.41) is 33.5. The molecule has 0 saturated heterocycles. The van der Waals surface area contributed by atoms with Crippen LogP contribution in [0.1, 0.15) is 6.42 Å². The fraction of sp³-hybridized carbons (Fsp3) is 0.500. The van der Waals surface area contributed by atoms with Gasteiger partial charge < -0.3 is 20.4 Å². The predicted molar refractivity (Wildman–Crippen MR) is 37.0 cm³/mol. The minimum Gasteiger partial charge on any atom is -0.481 e. The van der Waals surface area contributed by atoms with Gasteiger partial charge in [-0.1, -0.05) is 0 Å². The van der Waals surface area contributed by atoms with Gasteiger partial charge >= 0.3 is 17.9 Å². The number of carbonyl (C=O) groups is 3. The van der Waals surface area contributed by atoms with Crippen LogP contribution < -0.4 is 0 Å². The normalized spacial score (nSPS) is 14.5. The van der Waals surface area contributed by atoms with Gasteiger partial charge in [0.2, 0.25) is 0 Å². The van der Waals surface area contributed by atoms with E-state index in [1.165, 1.54) is 0 Å². The highest BCUT2D eigenvalue weighted by atomic mass is 16.4. The maximum absolute atomic E-state index is 10.3. The van der Waals surface area contributed by atoms with E-state index in [4.69, 9.17) is 20.4 Å². The summed E-state index contributed by atoms with van der Waals surface area (Å²) >= 11 is 0. The fourth-order valence-electron chi connectivity index (χ4n) is 0.694. The Morgan fingerprint density at radius 3 is 1.69 bits per heavy atom. The van der Waals surface area contributed by atoms with Crippen LogP contribution in [0.15, 0.2) is 0 Å². The van der Waals surface area contributed by atoms with Crippen molar-refractivity contribution in [1.82, 2.24) is 0 Å². The van der Waals surface area contributed by atoms with E-state index in [-0.39, 0.29) is 0 Å². The van der Waals surface area contributed by atoms with Gasteiger partial charge in [-0.05, 0) is 0 Å². The molecule has 7 heteroatoms. The first-order valence-electron chi connectivity index (χ1n) is 3.21. The SMILES string of the molecule is O=C(O)[13CH2][C@H](C(=O)O)[C@@H](O)C(=O)O. The van der Waals surface area contributed by atoms with Crippen LogP contribution in [0.3, 0.4) is 0 Å². The third kappa shape index (κ3) is 3.52. The highest BCUT2D eigenvalue weighted by Gasteiger charge is 2.33. The largest absolute Gasteiger partial charge is 0.481 e. The van der Waals surface area contributed by atoms with Gasteiger partial charge in [0.25, 0.3) is 0 Å². The smallest absolute Gasteiger partial charge is 0.333 e. The van der Waals surface area contributed by atoms with Crippen LogP contribution >= 0.6 is 0 Å². The molecular weight excluding hydrogens is 185 g/mol.